The first-order valence-corrected chi connectivity index (χ1v) is 6.92. The molecule has 1 fully saturated rings. The molecular formula is C14H20BN3. The number of imidazole rings is 1. The van der Waals surface area contributed by atoms with Crippen molar-refractivity contribution in [2.75, 3.05) is 13.1 Å². The molecule has 3 rings (SSSR count). The van der Waals surface area contributed by atoms with Crippen LogP contribution in [-0.4, -0.2) is 41.8 Å². The van der Waals surface area contributed by atoms with Crippen LogP contribution in [0, 0.1) is 0 Å². The second-order valence-electron chi connectivity index (χ2n) is 5.48. The predicted octanol–water partition coefficient (Wildman–Crippen LogP) is 0.848. The number of benzene rings is 1. The zero-order valence-electron chi connectivity index (χ0n) is 11.2. The molecule has 0 radical (unpaired) electrons. The average Bonchev–Trinajstić information content (AvgIpc) is 2.92. The van der Waals surface area contributed by atoms with Crippen molar-refractivity contribution in [3.63, 3.8) is 0 Å². The van der Waals surface area contributed by atoms with Crippen molar-refractivity contribution < 1.29 is 0 Å². The van der Waals surface area contributed by atoms with Crippen LogP contribution in [0.1, 0.15) is 25.6 Å². The third kappa shape index (κ3) is 2.30. The van der Waals surface area contributed by atoms with Crippen LogP contribution in [0.15, 0.2) is 18.2 Å². The summed E-state index contributed by atoms with van der Waals surface area (Å²) in [6.07, 6.45) is 3.72. The Bertz CT molecular complexity index is 549. The highest BCUT2D eigenvalue weighted by atomic mass is 15.2. The molecule has 94 valence electrons. The van der Waals surface area contributed by atoms with Crippen LogP contribution in [0.3, 0.4) is 0 Å². The number of rotatable bonds is 3. The Morgan fingerprint density at radius 3 is 3.17 bits per heavy atom. The van der Waals surface area contributed by atoms with E-state index in [0.29, 0.717) is 0 Å². The molecule has 1 aliphatic heterocycles. The number of fused-ring (bicyclic) bond motifs is 1. The number of likely N-dealkylation sites (tertiary alicyclic amines) is 1. The molecule has 0 amide bonds. The van der Waals surface area contributed by atoms with E-state index in [-0.39, 0.29) is 0 Å². The lowest BCUT2D eigenvalue weighted by Crippen LogP contribution is -2.29. The summed E-state index contributed by atoms with van der Waals surface area (Å²) in [6.45, 7) is 4.70. The number of hydrogen-bond donors (Lipinski definition) is 1. The first-order chi connectivity index (χ1) is 8.72. The van der Waals surface area contributed by atoms with Gasteiger partial charge in [0.05, 0.1) is 11.0 Å². The molecule has 3 nitrogen and oxygen atoms in total. The molecule has 1 aromatic heterocycles. The van der Waals surface area contributed by atoms with Crippen LogP contribution in [-0.2, 0) is 6.42 Å². The normalized spacial score (nSPS) is 20.8. The molecule has 0 aliphatic carbocycles. The molecule has 4 heteroatoms. The van der Waals surface area contributed by atoms with E-state index in [4.69, 9.17) is 0 Å². The Labute approximate surface area is 109 Å². The van der Waals surface area contributed by atoms with Crippen molar-refractivity contribution >= 4 is 24.3 Å². The van der Waals surface area contributed by atoms with Crippen molar-refractivity contribution in [1.29, 1.82) is 0 Å². The van der Waals surface area contributed by atoms with Gasteiger partial charge in [0.25, 0.3) is 0 Å². The van der Waals surface area contributed by atoms with Gasteiger partial charge in [-0.15, -0.1) is 0 Å². The second-order valence-corrected chi connectivity index (χ2v) is 5.48. The van der Waals surface area contributed by atoms with Gasteiger partial charge >= 0.3 is 0 Å². The number of aromatic nitrogens is 2. The Morgan fingerprint density at radius 1 is 1.50 bits per heavy atom. The summed E-state index contributed by atoms with van der Waals surface area (Å²) in [5, 5.41) is 0. The zero-order valence-corrected chi connectivity index (χ0v) is 11.2. The fourth-order valence-corrected chi connectivity index (χ4v) is 2.86. The summed E-state index contributed by atoms with van der Waals surface area (Å²) in [7, 11) is 2.11. The fourth-order valence-electron chi connectivity index (χ4n) is 2.86. The summed E-state index contributed by atoms with van der Waals surface area (Å²) in [5.41, 5.74) is 3.53. The zero-order chi connectivity index (χ0) is 12.5. The van der Waals surface area contributed by atoms with Crippen LogP contribution in [0.5, 0.6) is 0 Å². The standard InChI is InChI=1S/C14H20BN3/c1-10-3-2-7-18(10)8-6-14-16-12-5-4-11(15)9-13(12)17-14/h4-5,9-10H,2-3,6-8,15H2,1H3,(H,16,17)/t10-/m1/s1. The Hall–Kier alpha value is -1.29. The molecule has 2 heterocycles. The molecule has 1 N–H and O–H groups in total. The third-order valence-corrected chi connectivity index (χ3v) is 4.01. The second kappa shape index (κ2) is 4.77. The molecule has 1 atom stereocenters. The minimum atomic E-state index is 0.747. The Morgan fingerprint density at radius 2 is 2.39 bits per heavy atom. The minimum absolute atomic E-state index is 0.747. The van der Waals surface area contributed by atoms with Crippen molar-refractivity contribution in [2.24, 2.45) is 0 Å². The SMILES string of the molecule is Bc1ccc2[nH]c(CCN3CCC[C@H]3C)nc2c1. The lowest BCUT2D eigenvalue weighted by molar-refractivity contribution is 0.271. The summed E-state index contributed by atoms with van der Waals surface area (Å²) in [6, 6.07) is 7.15. The van der Waals surface area contributed by atoms with Gasteiger partial charge in [0.2, 0.25) is 0 Å². The maximum Gasteiger partial charge on any atom is 0.139 e. The Balaban J connectivity index is 1.71. The predicted molar refractivity (Wildman–Crippen MR) is 78.2 cm³/mol. The van der Waals surface area contributed by atoms with E-state index in [1.54, 1.807) is 0 Å². The molecule has 18 heavy (non-hydrogen) atoms. The van der Waals surface area contributed by atoms with Crippen LogP contribution in [0.25, 0.3) is 11.0 Å². The highest BCUT2D eigenvalue weighted by molar-refractivity contribution is 6.33. The summed E-state index contributed by atoms with van der Waals surface area (Å²) in [5.74, 6) is 1.12. The first kappa shape index (κ1) is 11.8. The molecule has 0 saturated carbocycles. The quantitative estimate of drug-likeness (QED) is 0.808. The van der Waals surface area contributed by atoms with E-state index < -0.39 is 0 Å². The fraction of sp³-hybridized carbons (Fsp3) is 0.500. The number of H-pyrrole nitrogens is 1. The highest BCUT2D eigenvalue weighted by Crippen LogP contribution is 2.17. The number of nitrogens with zero attached hydrogens (tertiary/aromatic N) is 2. The van der Waals surface area contributed by atoms with Crippen molar-refractivity contribution in [3.8, 4) is 0 Å². The molecule has 1 saturated heterocycles. The summed E-state index contributed by atoms with van der Waals surface area (Å²) in [4.78, 5) is 10.7. The van der Waals surface area contributed by atoms with Crippen molar-refractivity contribution in [3.05, 3.63) is 24.0 Å². The largest absolute Gasteiger partial charge is 0.342 e. The van der Waals surface area contributed by atoms with Gasteiger partial charge in [0, 0.05) is 19.0 Å². The molecule has 2 aromatic rings. The van der Waals surface area contributed by atoms with Gasteiger partial charge < -0.3 is 9.88 Å². The third-order valence-electron chi connectivity index (χ3n) is 4.01. The van der Waals surface area contributed by atoms with E-state index in [2.05, 4.69) is 47.8 Å². The molecular weight excluding hydrogens is 221 g/mol. The highest BCUT2D eigenvalue weighted by Gasteiger charge is 2.19. The van der Waals surface area contributed by atoms with E-state index >= 15 is 0 Å². The molecule has 0 unspecified atom stereocenters. The molecule has 1 aromatic carbocycles. The van der Waals surface area contributed by atoms with Gasteiger partial charge in [0.15, 0.2) is 0 Å². The number of aromatic amines is 1. The van der Waals surface area contributed by atoms with E-state index in [1.165, 1.54) is 24.8 Å². The molecule has 0 spiro atoms. The smallest absolute Gasteiger partial charge is 0.139 e. The van der Waals surface area contributed by atoms with E-state index in [9.17, 15) is 0 Å². The Kier molecular flexibility index (Phi) is 3.12. The lowest BCUT2D eigenvalue weighted by atomic mass is 9.96. The number of nitrogens with one attached hydrogen (secondary N) is 1. The van der Waals surface area contributed by atoms with Crippen molar-refractivity contribution in [2.45, 2.75) is 32.2 Å². The van der Waals surface area contributed by atoms with Crippen LogP contribution >= 0.6 is 0 Å². The van der Waals surface area contributed by atoms with Gasteiger partial charge in [-0.2, -0.15) is 0 Å². The summed E-state index contributed by atoms with van der Waals surface area (Å²) < 4.78 is 0. The van der Waals surface area contributed by atoms with Gasteiger partial charge in [-0.25, -0.2) is 4.98 Å². The maximum atomic E-state index is 4.68. The minimum Gasteiger partial charge on any atom is -0.342 e. The lowest BCUT2D eigenvalue weighted by Gasteiger charge is -2.19. The van der Waals surface area contributed by atoms with Crippen molar-refractivity contribution in [1.82, 2.24) is 14.9 Å². The topological polar surface area (TPSA) is 31.9 Å². The summed E-state index contributed by atoms with van der Waals surface area (Å²) >= 11 is 0. The number of hydrogen-bond acceptors (Lipinski definition) is 2. The molecule has 0 bridgehead atoms. The van der Waals surface area contributed by atoms with E-state index in [0.717, 1.165) is 35.9 Å². The van der Waals surface area contributed by atoms with Gasteiger partial charge in [-0.05, 0) is 38.4 Å². The van der Waals surface area contributed by atoms with Gasteiger partial charge in [-0.3, -0.25) is 0 Å². The van der Waals surface area contributed by atoms with Crippen LogP contribution < -0.4 is 5.46 Å². The molecule has 1 aliphatic rings. The van der Waals surface area contributed by atoms with Gasteiger partial charge in [0.1, 0.15) is 13.7 Å². The van der Waals surface area contributed by atoms with Gasteiger partial charge in [-0.1, -0.05) is 11.5 Å². The monoisotopic (exact) mass is 241 g/mol. The first-order valence-electron chi connectivity index (χ1n) is 6.92. The van der Waals surface area contributed by atoms with Crippen LogP contribution in [0.4, 0.5) is 0 Å². The van der Waals surface area contributed by atoms with E-state index in [1.807, 2.05) is 0 Å². The van der Waals surface area contributed by atoms with Crippen LogP contribution in [0.2, 0.25) is 0 Å². The average molecular weight is 241 g/mol. The maximum absolute atomic E-state index is 4.68.